The maximum absolute atomic E-state index is 12.7. The van der Waals surface area contributed by atoms with Crippen molar-refractivity contribution in [2.24, 2.45) is 11.8 Å². The Bertz CT molecular complexity index is 882. The Morgan fingerprint density at radius 2 is 1.57 bits per heavy atom. The lowest BCUT2D eigenvalue weighted by Crippen LogP contribution is -2.35. The number of hydrogen-bond acceptors (Lipinski definition) is 3. The van der Waals surface area contributed by atoms with Crippen molar-refractivity contribution in [2.75, 3.05) is 5.75 Å². The summed E-state index contributed by atoms with van der Waals surface area (Å²) in [6, 6.07) is 12.1. The molecule has 0 atom stereocenters. The maximum atomic E-state index is 12.7. The minimum absolute atomic E-state index is 0.0673. The maximum Gasteiger partial charge on any atom is 0.155 e. The average molecular weight is 402 g/mol. The molecule has 0 N–H and O–H groups in total. The monoisotopic (exact) mass is 401 g/mol. The van der Waals surface area contributed by atoms with E-state index < -0.39 is 14.6 Å². The van der Waals surface area contributed by atoms with Gasteiger partial charge in [-0.3, -0.25) is 4.79 Å². The zero-order valence-corrected chi connectivity index (χ0v) is 17.9. The quantitative estimate of drug-likeness (QED) is 0.710. The Hall–Kier alpha value is -1.88. The van der Waals surface area contributed by atoms with Crippen molar-refractivity contribution in [3.8, 4) is 5.69 Å². The normalized spacial score (nSPS) is 20.8. The predicted octanol–water partition coefficient (Wildman–Crippen LogP) is 4.61. The number of nitrogens with zero attached hydrogens (tertiary/aromatic N) is 1. The molecule has 0 aliphatic heterocycles. The molecule has 0 amide bonds. The molecule has 1 aliphatic rings. The lowest BCUT2D eigenvalue weighted by molar-refractivity contribution is -0.123. The van der Waals surface area contributed by atoms with Gasteiger partial charge < -0.3 is 4.57 Å². The molecule has 0 spiro atoms. The third-order valence-corrected chi connectivity index (χ3v) is 8.68. The highest BCUT2D eigenvalue weighted by molar-refractivity contribution is 7.92. The fourth-order valence-electron chi connectivity index (χ4n) is 3.85. The van der Waals surface area contributed by atoms with Gasteiger partial charge in [0, 0.05) is 30.4 Å². The number of benzene rings is 1. The van der Waals surface area contributed by atoms with Crippen LogP contribution in [0, 0.1) is 11.8 Å². The van der Waals surface area contributed by atoms with E-state index in [2.05, 4.69) is 0 Å². The molecule has 28 heavy (non-hydrogen) atoms. The molecule has 0 saturated heterocycles. The number of sulfone groups is 1. The molecule has 5 heteroatoms. The van der Waals surface area contributed by atoms with Gasteiger partial charge in [-0.1, -0.05) is 12.1 Å². The van der Waals surface area contributed by atoms with Crippen molar-refractivity contribution in [1.29, 1.82) is 0 Å². The number of hydrogen-bond donors (Lipinski definition) is 0. The van der Waals surface area contributed by atoms with Gasteiger partial charge in [-0.2, -0.15) is 0 Å². The van der Waals surface area contributed by atoms with Crippen molar-refractivity contribution in [1.82, 2.24) is 4.57 Å². The van der Waals surface area contributed by atoms with E-state index in [4.69, 9.17) is 0 Å². The standard InChI is InChI=1S/C23H31NO3S/c1-23(2,3)28(26,27)17-19-6-10-20(11-7-19)22(25)16-18-8-12-21(13-9-18)24-14-4-5-15-24/h4-5,8-9,12-15,19-20H,6-7,10-11,16-17H2,1-3H3. The third kappa shape index (κ3) is 4.93. The fourth-order valence-corrected chi connectivity index (χ4v) is 5.30. The highest BCUT2D eigenvalue weighted by atomic mass is 32.2. The molecule has 0 radical (unpaired) electrons. The Morgan fingerprint density at radius 3 is 2.11 bits per heavy atom. The van der Waals surface area contributed by atoms with Gasteiger partial charge in [0.2, 0.25) is 0 Å². The van der Waals surface area contributed by atoms with Gasteiger partial charge in [-0.15, -0.1) is 0 Å². The van der Waals surface area contributed by atoms with E-state index in [1.165, 1.54) is 0 Å². The van der Waals surface area contributed by atoms with E-state index in [1.54, 1.807) is 20.8 Å². The first-order chi connectivity index (χ1) is 13.2. The van der Waals surface area contributed by atoms with Gasteiger partial charge in [-0.25, -0.2) is 8.42 Å². The molecule has 0 unspecified atom stereocenters. The van der Waals surface area contributed by atoms with Crippen LogP contribution >= 0.6 is 0 Å². The molecule has 1 aliphatic carbocycles. The summed E-state index contributed by atoms with van der Waals surface area (Å²) in [6.07, 6.45) is 7.74. The smallest absolute Gasteiger partial charge is 0.155 e. The molecule has 152 valence electrons. The van der Waals surface area contributed by atoms with Crippen LogP contribution in [0.5, 0.6) is 0 Å². The molecular formula is C23H31NO3S. The lowest BCUT2D eigenvalue weighted by Gasteiger charge is -2.30. The second-order valence-corrected chi connectivity index (χ2v) is 11.8. The lowest BCUT2D eigenvalue weighted by atomic mass is 9.79. The number of rotatable bonds is 6. The Morgan fingerprint density at radius 1 is 1.00 bits per heavy atom. The zero-order valence-electron chi connectivity index (χ0n) is 17.1. The van der Waals surface area contributed by atoms with Gasteiger partial charge in [0.15, 0.2) is 9.84 Å². The second kappa shape index (κ2) is 8.24. The van der Waals surface area contributed by atoms with Crippen molar-refractivity contribution >= 4 is 15.6 Å². The number of carbonyl (C=O) groups excluding carboxylic acids is 1. The van der Waals surface area contributed by atoms with Crippen LogP contribution in [0.25, 0.3) is 5.69 Å². The fraction of sp³-hybridized carbons (Fsp3) is 0.522. The van der Waals surface area contributed by atoms with Gasteiger partial charge in [0.1, 0.15) is 5.78 Å². The Balaban J connectivity index is 1.51. The molecule has 4 nitrogen and oxygen atoms in total. The average Bonchev–Trinajstić information content (AvgIpc) is 3.16. The summed E-state index contributed by atoms with van der Waals surface area (Å²) in [6.45, 7) is 5.29. The van der Waals surface area contributed by atoms with Crippen LogP contribution in [0.1, 0.15) is 52.0 Å². The molecular weight excluding hydrogens is 370 g/mol. The molecule has 1 aromatic heterocycles. The van der Waals surface area contributed by atoms with Gasteiger partial charge in [-0.05, 0) is 82.2 Å². The topological polar surface area (TPSA) is 56.1 Å². The van der Waals surface area contributed by atoms with E-state index in [-0.39, 0.29) is 23.4 Å². The molecule has 1 heterocycles. The van der Waals surface area contributed by atoms with E-state index in [1.807, 2.05) is 53.4 Å². The van der Waals surface area contributed by atoms with Crippen LogP contribution in [0.15, 0.2) is 48.8 Å². The highest BCUT2D eigenvalue weighted by Crippen LogP contribution is 2.33. The molecule has 0 bridgehead atoms. The summed E-state index contributed by atoms with van der Waals surface area (Å²) < 4.78 is 26.2. The summed E-state index contributed by atoms with van der Waals surface area (Å²) in [5.74, 6) is 0.788. The molecule has 1 saturated carbocycles. The minimum Gasteiger partial charge on any atom is -0.324 e. The highest BCUT2D eigenvalue weighted by Gasteiger charge is 2.34. The first-order valence-electron chi connectivity index (χ1n) is 10.1. The summed E-state index contributed by atoms with van der Waals surface area (Å²) in [5, 5.41) is 0. The molecule has 3 rings (SSSR count). The van der Waals surface area contributed by atoms with E-state index in [0.29, 0.717) is 6.42 Å². The molecule has 1 fully saturated rings. The van der Waals surface area contributed by atoms with E-state index in [0.717, 1.165) is 36.9 Å². The minimum atomic E-state index is -3.09. The predicted molar refractivity (Wildman–Crippen MR) is 113 cm³/mol. The Kier molecular flexibility index (Phi) is 6.13. The zero-order chi connectivity index (χ0) is 20.4. The third-order valence-electron chi connectivity index (χ3n) is 5.91. The van der Waals surface area contributed by atoms with Crippen LogP contribution in [-0.2, 0) is 21.1 Å². The number of ketones is 1. The number of aromatic nitrogens is 1. The van der Waals surface area contributed by atoms with Crippen molar-refractivity contribution in [3.63, 3.8) is 0 Å². The summed E-state index contributed by atoms with van der Waals surface area (Å²) >= 11 is 0. The Labute approximate surface area is 168 Å². The summed E-state index contributed by atoms with van der Waals surface area (Å²) in [4.78, 5) is 12.7. The molecule has 2 aromatic rings. The summed E-state index contributed by atoms with van der Waals surface area (Å²) in [7, 11) is -3.09. The first-order valence-corrected chi connectivity index (χ1v) is 11.8. The van der Waals surface area contributed by atoms with E-state index >= 15 is 0 Å². The van der Waals surface area contributed by atoms with Crippen LogP contribution in [0.2, 0.25) is 0 Å². The largest absolute Gasteiger partial charge is 0.324 e. The van der Waals surface area contributed by atoms with Crippen LogP contribution in [-0.4, -0.2) is 29.3 Å². The van der Waals surface area contributed by atoms with Crippen LogP contribution in [0.4, 0.5) is 0 Å². The van der Waals surface area contributed by atoms with Gasteiger partial charge >= 0.3 is 0 Å². The van der Waals surface area contributed by atoms with Crippen LogP contribution in [0.3, 0.4) is 0 Å². The first kappa shape index (κ1) is 20.8. The van der Waals surface area contributed by atoms with Gasteiger partial charge in [0.25, 0.3) is 0 Å². The second-order valence-electron chi connectivity index (χ2n) is 9.01. The van der Waals surface area contributed by atoms with Crippen molar-refractivity contribution in [2.45, 2.75) is 57.6 Å². The SMILES string of the molecule is CC(C)(C)S(=O)(=O)CC1CCC(C(=O)Cc2ccc(-n3cccc3)cc2)CC1. The van der Waals surface area contributed by atoms with Crippen molar-refractivity contribution in [3.05, 3.63) is 54.4 Å². The molecule has 1 aromatic carbocycles. The number of Topliss-reactive ketones (excluding diaryl/α,β-unsaturated/α-hetero) is 1. The van der Waals surface area contributed by atoms with Gasteiger partial charge in [0.05, 0.1) is 10.5 Å². The van der Waals surface area contributed by atoms with Crippen molar-refractivity contribution < 1.29 is 13.2 Å². The summed E-state index contributed by atoms with van der Waals surface area (Å²) in [5.41, 5.74) is 2.13. The number of carbonyl (C=O) groups is 1. The van der Waals surface area contributed by atoms with Crippen LogP contribution < -0.4 is 0 Å². The van der Waals surface area contributed by atoms with E-state index in [9.17, 15) is 13.2 Å².